The van der Waals surface area contributed by atoms with Crippen molar-refractivity contribution in [2.75, 3.05) is 13.7 Å². The van der Waals surface area contributed by atoms with Gasteiger partial charge >= 0.3 is 5.97 Å². The Labute approximate surface area is 112 Å². The van der Waals surface area contributed by atoms with E-state index in [0.29, 0.717) is 12.3 Å². The molecule has 0 bridgehead atoms. The van der Waals surface area contributed by atoms with Crippen molar-refractivity contribution in [2.24, 2.45) is 5.92 Å². The number of carbonyl (C=O) groups is 1. The van der Waals surface area contributed by atoms with Gasteiger partial charge < -0.3 is 9.84 Å². The molecule has 0 aromatic rings. The van der Waals surface area contributed by atoms with E-state index >= 15 is 0 Å². The van der Waals surface area contributed by atoms with Crippen LogP contribution in [0.1, 0.15) is 45.4 Å². The van der Waals surface area contributed by atoms with Crippen molar-refractivity contribution in [3.8, 4) is 0 Å². The molecule has 1 unspecified atom stereocenters. The summed E-state index contributed by atoms with van der Waals surface area (Å²) in [5.41, 5.74) is 0. The van der Waals surface area contributed by atoms with E-state index in [9.17, 15) is 9.00 Å². The molecule has 1 aliphatic heterocycles. The number of ether oxygens (including phenoxy) is 1. The molecule has 4 nitrogen and oxygen atoms in total. The van der Waals surface area contributed by atoms with Crippen molar-refractivity contribution in [1.82, 2.24) is 0 Å². The highest BCUT2D eigenvalue weighted by Crippen LogP contribution is 2.35. The molecular weight excluding hydrogens is 252 g/mol. The summed E-state index contributed by atoms with van der Waals surface area (Å²) in [4.78, 5) is 10.9. The van der Waals surface area contributed by atoms with Crippen molar-refractivity contribution in [2.45, 2.75) is 55.9 Å². The standard InChI is InChI=1S/C13H24O4S/c1-10-11(12(9-14)18(10)16)7-5-3-4-6-8-13(15)17-2/h10-12,14H,3-9H2,1-2H3/t10-,11-,12-,18?/m0/s1. The second-order valence-corrected chi connectivity index (χ2v) is 6.95. The number of aliphatic hydroxyl groups excluding tert-OH is 1. The Morgan fingerprint density at radius 3 is 2.56 bits per heavy atom. The van der Waals surface area contributed by atoms with Crippen LogP contribution in [0.25, 0.3) is 0 Å². The minimum Gasteiger partial charge on any atom is -0.469 e. The predicted molar refractivity (Wildman–Crippen MR) is 71.7 cm³/mol. The lowest BCUT2D eigenvalue weighted by Crippen LogP contribution is -2.51. The van der Waals surface area contributed by atoms with Gasteiger partial charge in [-0.1, -0.05) is 26.2 Å². The Morgan fingerprint density at radius 1 is 1.28 bits per heavy atom. The molecule has 0 radical (unpaired) electrons. The summed E-state index contributed by atoms with van der Waals surface area (Å²) in [7, 11) is 0.580. The van der Waals surface area contributed by atoms with Gasteiger partial charge in [0, 0.05) is 22.5 Å². The number of methoxy groups -OCH3 is 1. The smallest absolute Gasteiger partial charge is 0.305 e. The summed E-state index contributed by atoms with van der Waals surface area (Å²) in [6.45, 7) is 2.05. The van der Waals surface area contributed by atoms with Crippen LogP contribution in [-0.4, -0.2) is 39.5 Å². The van der Waals surface area contributed by atoms with Gasteiger partial charge in [-0.2, -0.15) is 0 Å². The molecule has 1 saturated heterocycles. The van der Waals surface area contributed by atoms with Crippen LogP contribution >= 0.6 is 0 Å². The highest BCUT2D eigenvalue weighted by Gasteiger charge is 2.44. The molecule has 18 heavy (non-hydrogen) atoms. The summed E-state index contributed by atoms with van der Waals surface area (Å²) < 4.78 is 16.1. The largest absolute Gasteiger partial charge is 0.469 e. The van der Waals surface area contributed by atoms with E-state index in [1.165, 1.54) is 7.11 Å². The SMILES string of the molecule is COC(=O)CCCCCC[C@H]1[C@H](C)S(=O)[C@H]1CO. The first-order chi connectivity index (χ1) is 8.61. The third-order valence-corrected chi connectivity index (χ3v) is 6.00. The molecule has 1 fully saturated rings. The summed E-state index contributed by atoms with van der Waals surface area (Å²) in [6, 6.07) is 0. The van der Waals surface area contributed by atoms with Gasteiger partial charge in [-0.15, -0.1) is 0 Å². The van der Waals surface area contributed by atoms with Crippen LogP contribution in [0.15, 0.2) is 0 Å². The zero-order valence-corrected chi connectivity index (χ0v) is 12.1. The van der Waals surface area contributed by atoms with E-state index in [0.717, 1.165) is 32.1 Å². The third-order valence-electron chi connectivity index (χ3n) is 3.82. The highest BCUT2D eigenvalue weighted by atomic mass is 32.2. The average molecular weight is 276 g/mol. The fourth-order valence-electron chi connectivity index (χ4n) is 2.57. The van der Waals surface area contributed by atoms with E-state index in [2.05, 4.69) is 4.74 Å². The fourth-order valence-corrected chi connectivity index (χ4v) is 4.38. The van der Waals surface area contributed by atoms with Crippen molar-refractivity contribution < 1.29 is 18.8 Å². The number of aliphatic hydroxyl groups is 1. The lowest BCUT2D eigenvalue weighted by molar-refractivity contribution is -0.140. The van der Waals surface area contributed by atoms with Crippen molar-refractivity contribution in [1.29, 1.82) is 0 Å². The Kier molecular flexibility index (Phi) is 6.86. The minimum atomic E-state index is -0.832. The molecule has 0 saturated carbocycles. The number of esters is 1. The van der Waals surface area contributed by atoms with Crippen LogP contribution < -0.4 is 0 Å². The van der Waals surface area contributed by atoms with Crippen molar-refractivity contribution in [3.05, 3.63) is 0 Å². The van der Waals surface area contributed by atoms with Gasteiger partial charge in [0.1, 0.15) is 0 Å². The van der Waals surface area contributed by atoms with E-state index < -0.39 is 10.8 Å². The van der Waals surface area contributed by atoms with Gasteiger partial charge in [0.2, 0.25) is 0 Å². The lowest BCUT2D eigenvalue weighted by atomic mass is 9.93. The Balaban J connectivity index is 2.04. The molecule has 0 aliphatic carbocycles. The number of hydrogen-bond donors (Lipinski definition) is 1. The Bertz CT molecular complexity index is 293. The van der Waals surface area contributed by atoms with Gasteiger partial charge in [-0.3, -0.25) is 9.00 Å². The van der Waals surface area contributed by atoms with E-state index in [1.807, 2.05) is 6.92 Å². The molecule has 0 aromatic heterocycles. The third kappa shape index (κ3) is 4.05. The highest BCUT2D eigenvalue weighted by molar-refractivity contribution is 7.87. The minimum absolute atomic E-state index is 0.00457. The van der Waals surface area contributed by atoms with Gasteiger partial charge in [-0.25, -0.2) is 0 Å². The van der Waals surface area contributed by atoms with Gasteiger partial charge in [0.25, 0.3) is 0 Å². The van der Waals surface area contributed by atoms with E-state index in [-0.39, 0.29) is 23.1 Å². The number of unbranched alkanes of at least 4 members (excludes halogenated alkanes) is 3. The summed E-state index contributed by atoms with van der Waals surface area (Å²) in [5.74, 6) is 0.273. The molecule has 0 amide bonds. The van der Waals surface area contributed by atoms with Crippen LogP contribution in [-0.2, 0) is 20.3 Å². The molecule has 0 spiro atoms. The maximum Gasteiger partial charge on any atom is 0.305 e. The van der Waals surface area contributed by atoms with Gasteiger partial charge in [0.05, 0.1) is 19.0 Å². The Morgan fingerprint density at radius 2 is 1.94 bits per heavy atom. The molecule has 0 aromatic carbocycles. The normalized spacial score (nSPS) is 30.8. The molecule has 106 valence electrons. The van der Waals surface area contributed by atoms with Crippen LogP contribution in [0.2, 0.25) is 0 Å². The first-order valence-corrected chi connectivity index (χ1v) is 7.96. The molecule has 4 atom stereocenters. The second-order valence-electron chi connectivity index (χ2n) is 4.95. The fraction of sp³-hybridized carbons (Fsp3) is 0.923. The Hall–Kier alpha value is -0.420. The average Bonchev–Trinajstić information content (AvgIpc) is 2.39. The topological polar surface area (TPSA) is 63.6 Å². The lowest BCUT2D eigenvalue weighted by Gasteiger charge is -2.41. The van der Waals surface area contributed by atoms with E-state index in [4.69, 9.17) is 5.11 Å². The summed E-state index contributed by atoms with van der Waals surface area (Å²) in [5, 5.41) is 9.36. The van der Waals surface area contributed by atoms with Crippen LogP contribution in [0, 0.1) is 5.92 Å². The van der Waals surface area contributed by atoms with E-state index in [1.54, 1.807) is 0 Å². The first kappa shape index (κ1) is 15.6. The van der Waals surface area contributed by atoms with Crippen molar-refractivity contribution in [3.63, 3.8) is 0 Å². The van der Waals surface area contributed by atoms with Crippen LogP contribution in [0.3, 0.4) is 0 Å². The molecule has 1 N–H and O–H groups in total. The maximum absolute atomic E-state index is 11.5. The van der Waals surface area contributed by atoms with Gasteiger partial charge in [-0.05, 0) is 18.8 Å². The maximum atomic E-state index is 11.5. The molecule has 1 rings (SSSR count). The summed E-state index contributed by atoms with van der Waals surface area (Å²) in [6.07, 6.45) is 5.62. The van der Waals surface area contributed by atoms with Gasteiger partial charge in [0.15, 0.2) is 0 Å². The van der Waals surface area contributed by atoms with Crippen LogP contribution in [0.4, 0.5) is 0 Å². The molecule has 5 heteroatoms. The molecule has 1 heterocycles. The van der Waals surface area contributed by atoms with Crippen LogP contribution in [0.5, 0.6) is 0 Å². The zero-order valence-electron chi connectivity index (χ0n) is 11.3. The number of hydrogen-bond acceptors (Lipinski definition) is 4. The number of carbonyl (C=O) groups excluding carboxylic acids is 1. The molecular formula is C13H24O4S. The zero-order chi connectivity index (χ0) is 13.5. The van der Waals surface area contributed by atoms with Crippen molar-refractivity contribution >= 4 is 16.8 Å². The predicted octanol–water partition coefficient (Wildman–Crippen LogP) is 1.63. The summed E-state index contributed by atoms with van der Waals surface area (Å²) >= 11 is 0. The molecule has 1 aliphatic rings. The monoisotopic (exact) mass is 276 g/mol. The number of rotatable bonds is 8. The first-order valence-electron chi connectivity index (χ1n) is 6.68. The second kappa shape index (κ2) is 7.89. The quantitative estimate of drug-likeness (QED) is 0.540.